The van der Waals surface area contributed by atoms with E-state index in [0.29, 0.717) is 23.5 Å². The Kier molecular flexibility index (Phi) is 4.24. The van der Waals surface area contributed by atoms with Crippen LogP contribution in [0.25, 0.3) is 22.5 Å². The van der Waals surface area contributed by atoms with Gasteiger partial charge in [0.15, 0.2) is 11.5 Å². The maximum Gasteiger partial charge on any atom is 0.343 e. The van der Waals surface area contributed by atoms with Gasteiger partial charge >= 0.3 is 5.63 Å². The van der Waals surface area contributed by atoms with Crippen molar-refractivity contribution in [3.05, 3.63) is 51.9 Å². The third-order valence-electron chi connectivity index (χ3n) is 4.10. The SMILES string of the molecule is CCCCCc1c(-c2cc3ccccc3o2)oc(=O)c(C)c1O. The molecule has 0 radical (unpaired) electrons. The maximum absolute atomic E-state index is 12.0. The molecule has 1 aromatic carbocycles. The van der Waals surface area contributed by atoms with E-state index in [-0.39, 0.29) is 11.3 Å². The summed E-state index contributed by atoms with van der Waals surface area (Å²) in [4.78, 5) is 12.0. The Labute approximate surface area is 134 Å². The summed E-state index contributed by atoms with van der Waals surface area (Å²) >= 11 is 0. The monoisotopic (exact) mass is 312 g/mol. The predicted molar refractivity (Wildman–Crippen MR) is 89.8 cm³/mol. The third-order valence-corrected chi connectivity index (χ3v) is 4.10. The van der Waals surface area contributed by atoms with Crippen LogP contribution < -0.4 is 5.63 Å². The lowest BCUT2D eigenvalue weighted by molar-refractivity contribution is 0.427. The number of benzene rings is 1. The quantitative estimate of drug-likeness (QED) is 0.687. The molecule has 0 fully saturated rings. The zero-order valence-corrected chi connectivity index (χ0v) is 13.4. The summed E-state index contributed by atoms with van der Waals surface area (Å²) in [7, 11) is 0. The summed E-state index contributed by atoms with van der Waals surface area (Å²) < 4.78 is 11.3. The van der Waals surface area contributed by atoms with Crippen LogP contribution in [-0.2, 0) is 6.42 Å². The molecule has 0 saturated heterocycles. The molecule has 0 saturated carbocycles. The molecule has 2 aromatic heterocycles. The van der Waals surface area contributed by atoms with Gasteiger partial charge in [0.25, 0.3) is 0 Å². The largest absolute Gasteiger partial charge is 0.507 e. The predicted octanol–water partition coefficient (Wildman–Crippen LogP) is 4.80. The number of fused-ring (bicyclic) bond motifs is 1. The lowest BCUT2D eigenvalue weighted by atomic mass is 10.0. The van der Waals surface area contributed by atoms with E-state index in [4.69, 9.17) is 8.83 Å². The van der Waals surface area contributed by atoms with Gasteiger partial charge in [-0.25, -0.2) is 4.79 Å². The molecule has 120 valence electrons. The summed E-state index contributed by atoms with van der Waals surface area (Å²) in [6.45, 7) is 3.70. The van der Waals surface area contributed by atoms with Crippen LogP contribution in [0.4, 0.5) is 0 Å². The molecule has 0 atom stereocenters. The molecule has 1 N–H and O–H groups in total. The number of hydrogen-bond acceptors (Lipinski definition) is 4. The van der Waals surface area contributed by atoms with E-state index in [0.717, 1.165) is 30.2 Å². The Morgan fingerprint density at radius 1 is 1.13 bits per heavy atom. The van der Waals surface area contributed by atoms with Crippen molar-refractivity contribution in [3.63, 3.8) is 0 Å². The lowest BCUT2D eigenvalue weighted by Crippen LogP contribution is -2.07. The first-order chi connectivity index (χ1) is 11.1. The Morgan fingerprint density at radius 2 is 1.91 bits per heavy atom. The average Bonchev–Trinajstić information content (AvgIpc) is 2.98. The van der Waals surface area contributed by atoms with Crippen LogP contribution in [0, 0.1) is 6.92 Å². The minimum atomic E-state index is -0.530. The molecule has 3 rings (SSSR count). The summed E-state index contributed by atoms with van der Waals surface area (Å²) in [5.41, 5.74) is 1.09. The normalized spacial score (nSPS) is 11.2. The number of aromatic hydroxyl groups is 1. The summed E-state index contributed by atoms with van der Waals surface area (Å²) in [5.74, 6) is 0.836. The molecule has 4 nitrogen and oxygen atoms in total. The van der Waals surface area contributed by atoms with Gasteiger partial charge in [-0.1, -0.05) is 38.0 Å². The van der Waals surface area contributed by atoms with Gasteiger partial charge in [-0.05, 0) is 31.9 Å². The zero-order chi connectivity index (χ0) is 16.4. The second-order valence-corrected chi connectivity index (χ2v) is 5.78. The fraction of sp³-hybridized carbons (Fsp3) is 0.316. The second kappa shape index (κ2) is 6.32. The molecular formula is C19H20O4. The highest BCUT2D eigenvalue weighted by Gasteiger charge is 2.20. The number of unbranched alkanes of at least 4 members (excludes halogenated alkanes) is 2. The van der Waals surface area contributed by atoms with E-state index >= 15 is 0 Å². The lowest BCUT2D eigenvalue weighted by Gasteiger charge is -2.10. The van der Waals surface area contributed by atoms with E-state index in [2.05, 4.69) is 6.92 Å². The van der Waals surface area contributed by atoms with Gasteiger partial charge < -0.3 is 13.9 Å². The van der Waals surface area contributed by atoms with E-state index in [9.17, 15) is 9.90 Å². The highest BCUT2D eigenvalue weighted by molar-refractivity contribution is 5.82. The molecule has 0 amide bonds. The van der Waals surface area contributed by atoms with Crippen molar-refractivity contribution in [3.8, 4) is 17.3 Å². The second-order valence-electron chi connectivity index (χ2n) is 5.78. The Bertz CT molecular complexity index is 853. The van der Waals surface area contributed by atoms with E-state index in [1.807, 2.05) is 30.3 Å². The topological polar surface area (TPSA) is 63.6 Å². The molecule has 0 aliphatic rings. The van der Waals surface area contributed by atoms with Crippen molar-refractivity contribution in [1.29, 1.82) is 0 Å². The highest BCUT2D eigenvalue weighted by Crippen LogP contribution is 2.35. The molecule has 23 heavy (non-hydrogen) atoms. The first-order valence-electron chi connectivity index (χ1n) is 7.96. The molecule has 0 spiro atoms. The van der Waals surface area contributed by atoms with Crippen molar-refractivity contribution in [1.82, 2.24) is 0 Å². The fourth-order valence-corrected chi connectivity index (χ4v) is 2.74. The number of para-hydroxylation sites is 1. The van der Waals surface area contributed by atoms with Crippen molar-refractivity contribution in [2.24, 2.45) is 0 Å². The highest BCUT2D eigenvalue weighted by atomic mass is 16.4. The molecule has 0 aliphatic carbocycles. The van der Waals surface area contributed by atoms with Gasteiger partial charge in [0.05, 0.1) is 5.56 Å². The minimum Gasteiger partial charge on any atom is -0.507 e. The Balaban J connectivity index is 2.14. The summed E-state index contributed by atoms with van der Waals surface area (Å²) in [6, 6.07) is 9.45. The van der Waals surface area contributed by atoms with Crippen molar-refractivity contribution < 1.29 is 13.9 Å². The van der Waals surface area contributed by atoms with E-state index < -0.39 is 5.63 Å². The third kappa shape index (κ3) is 2.89. The summed E-state index contributed by atoms with van der Waals surface area (Å²) in [5, 5.41) is 11.3. The van der Waals surface area contributed by atoms with Crippen molar-refractivity contribution in [2.45, 2.75) is 39.5 Å². The van der Waals surface area contributed by atoms with Crippen LogP contribution >= 0.6 is 0 Å². The van der Waals surface area contributed by atoms with Gasteiger partial charge in [0.1, 0.15) is 11.3 Å². The van der Waals surface area contributed by atoms with Crippen LogP contribution in [-0.4, -0.2) is 5.11 Å². The van der Waals surface area contributed by atoms with Crippen molar-refractivity contribution in [2.75, 3.05) is 0 Å². The van der Waals surface area contributed by atoms with Crippen molar-refractivity contribution >= 4 is 11.0 Å². The standard InChI is InChI=1S/C19H20O4/c1-3-4-5-9-14-17(20)12(2)19(21)23-18(14)16-11-13-8-6-7-10-15(13)22-16/h6-8,10-11,20H,3-5,9H2,1-2H3. The van der Waals surface area contributed by atoms with Crippen LogP contribution in [0.3, 0.4) is 0 Å². The minimum absolute atomic E-state index is 0.0211. The molecule has 0 aliphatic heterocycles. The number of hydrogen-bond donors (Lipinski definition) is 1. The van der Waals surface area contributed by atoms with Crippen LogP contribution in [0.5, 0.6) is 5.75 Å². The smallest absolute Gasteiger partial charge is 0.343 e. The Morgan fingerprint density at radius 3 is 2.65 bits per heavy atom. The molecule has 0 unspecified atom stereocenters. The Hall–Kier alpha value is -2.49. The van der Waals surface area contributed by atoms with Gasteiger partial charge in [0.2, 0.25) is 0 Å². The van der Waals surface area contributed by atoms with Gasteiger partial charge in [-0.2, -0.15) is 0 Å². The van der Waals surface area contributed by atoms with E-state index in [1.165, 1.54) is 0 Å². The molecule has 2 heterocycles. The fourth-order valence-electron chi connectivity index (χ4n) is 2.74. The first kappa shape index (κ1) is 15.4. The van der Waals surface area contributed by atoms with Gasteiger partial charge in [0, 0.05) is 10.9 Å². The molecule has 0 bridgehead atoms. The zero-order valence-electron chi connectivity index (χ0n) is 13.4. The number of furan rings is 1. The van der Waals surface area contributed by atoms with Gasteiger partial charge in [-0.3, -0.25) is 0 Å². The van der Waals surface area contributed by atoms with Gasteiger partial charge in [-0.15, -0.1) is 0 Å². The average molecular weight is 312 g/mol. The van der Waals surface area contributed by atoms with Crippen LogP contribution in [0.2, 0.25) is 0 Å². The first-order valence-corrected chi connectivity index (χ1v) is 7.96. The molecule has 3 aromatic rings. The molecular weight excluding hydrogens is 292 g/mol. The van der Waals surface area contributed by atoms with Crippen LogP contribution in [0.1, 0.15) is 37.3 Å². The number of rotatable bonds is 5. The maximum atomic E-state index is 12.0. The summed E-state index contributed by atoms with van der Waals surface area (Å²) in [6.07, 6.45) is 3.70. The van der Waals surface area contributed by atoms with Crippen LogP contribution in [0.15, 0.2) is 44.0 Å². The molecule has 4 heteroatoms. The van der Waals surface area contributed by atoms with E-state index in [1.54, 1.807) is 6.92 Å².